The van der Waals surface area contributed by atoms with Crippen LogP contribution in [-0.4, -0.2) is 6.29 Å². The summed E-state index contributed by atoms with van der Waals surface area (Å²) < 4.78 is 5.85. The Labute approximate surface area is 117 Å². The quantitative estimate of drug-likeness (QED) is 0.636. The first kappa shape index (κ1) is 12.4. The summed E-state index contributed by atoms with van der Waals surface area (Å²) in [6, 6.07) is 19.6. The normalized spacial score (nSPS) is 10.4. The summed E-state index contributed by atoms with van der Waals surface area (Å²) in [4.78, 5) is 10.8. The van der Waals surface area contributed by atoms with Crippen LogP contribution in [0.3, 0.4) is 0 Å². The number of carbonyl (C=O) groups excluding carboxylic acids is 1. The van der Waals surface area contributed by atoms with Crippen molar-refractivity contribution >= 4 is 17.1 Å². The molecular weight excluding hydrogens is 248 g/mol. The van der Waals surface area contributed by atoms with Crippen LogP contribution in [0.15, 0.2) is 60.7 Å². The van der Waals surface area contributed by atoms with Gasteiger partial charge in [0.05, 0.1) is 0 Å². The number of rotatable bonds is 3. The Balaban J connectivity index is 1.92. The van der Waals surface area contributed by atoms with Crippen molar-refractivity contribution < 1.29 is 9.53 Å². The molecule has 20 heavy (non-hydrogen) atoms. The smallest absolute Gasteiger partial charge is 0.150 e. The number of benzene rings is 3. The van der Waals surface area contributed by atoms with Gasteiger partial charge >= 0.3 is 0 Å². The molecule has 3 rings (SSSR count). The molecule has 0 N–H and O–H groups in total. The number of hydrogen-bond donors (Lipinski definition) is 0. The lowest BCUT2D eigenvalue weighted by atomic mass is 10.1. The van der Waals surface area contributed by atoms with E-state index in [9.17, 15) is 4.79 Å². The van der Waals surface area contributed by atoms with Crippen LogP contribution in [0.1, 0.15) is 15.9 Å². The highest BCUT2D eigenvalue weighted by Crippen LogP contribution is 2.26. The van der Waals surface area contributed by atoms with Crippen LogP contribution in [0.4, 0.5) is 0 Å². The number of aryl methyl sites for hydroxylation is 1. The van der Waals surface area contributed by atoms with E-state index < -0.39 is 0 Å². The first-order chi connectivity index (χ1) is 9.76. The third-order valence-corrected chi connectivity index (χ3v) is 3.32. The molecule has 0 saturated carbocycles. The Morgan fingerprint density at radius 2 is 1.55 bits per heavy atom. The van der Waals surface area contributed by atoms with Gasteiger partial charge in [-0.1, -0.05) is 30.3 Å². The van der Waals surface area contributed by atoms with Crippen LogP contribution < -0.4 is 4.74 Å². The summed E-state index contributed by atoms with van der Waals surface area (Å²) in [6.45, 7) is 1.90. The van der Waals surface area contributed by atoms with Crippen molar-refractivity contribution in [3.05, 3.63) is 71.8 Å². The largest absolute Gasteiger partial charge is 0.457 e. The second-order valence-corrected chi connectivity index (χ2v) is 4.75. The van der Waals surface area contributed by atoms with Gasteiger partial charge in [0.15, 0.2) is 0 Å². The number of ether oxygens (including phenoxy) is 1. The van der Waals surface area contributed by atoms with E-state index in [4.69, 9.17) is 4.74 Å². The molecule has 0 aliphatic carbocycles. The van der Waals surface area contributed by atoms with E-state index in [0.29, 0.717) is 5.56 Å². The molecule has 0 aliphatic heterocycles. The number of fused-ring (bicyclic) bond motifs is 1. The fourth-order valence-electron chi connectivity index (χ4n) is 2.21. The standard InChI is InChI=1S/C18H14O2/c1-13-10-17(9-7-16(13)12-19)20-18-8-6-14-4-2-3-5-15(14)11-18/h2-12H,1H3. The van der Waals surface area contributed by atoms with Gasteiger partial charge in [0.25, 0.3) is 0 Å². The topological polar surface area (TPSA) is 26.3 Å². The lowest BCUT2D eigenvalue weighted by Crippen LogP contribution is -1.89. The first-order valence-electron chi connectivity index (χ1n) is 6.49. The van der Waals surface area contributed by atoms with Gasteiger partial charge in [0.1, 0.15) is 17.8 Å². The van der Waals surface area contributed by atoms with Crippen LogP contribution >= 0.6 is 0 Å². The van der Waals surface area contributed by atoms with E-state index >= 15 is 0 Å². The zero-order valence-corrected chi connectivity index (χ0v) is 11.2. The summed E-state index contributed by atoms with van der Waals surface area (Å²) in [5.74, 6) is 1.53. The fraction of sp³-hybridized carbons (Fsp3) is 0.0556. The predicted octanol–water partition coefficient (Wildman–Crippen LogP) is 4.75. The van der Waals surface area contributed by atoms with Crippen LogP contribution in [0.2, 0.25) is 0 Å². The van der Waals surface area contributed by atoms with E-state index in [1.54, 1.807) is 6.07 Å². The second-order valence-electron chi connectivity index (χ2n) is 4.75. The van der Waals surface area contributed by atoms with Crippen molar-refractivity contribution in [3.8, 4) is 11.5 Å². The van der Waals surface area contributed by atoms with Gasteiger partial charge < -0.3 is 4.74 Å². The van der Waals surface area contributed by atoms with Crippen molar-refractivity contribution in [3.63, 3.8) is 0 Å². The average molecular weight is 262 g/mol. The maximum Gasteiger partial charge on any atom is 0.150 e. The zero-order valence-electron chi connectivity index (χ0n) is 11.2. The summed E-state index contributed by atoms with van der Waals surface area (Å²) >= 11 is 0. The lowest BCUT2D eigenvalue weighted by molar-refractivity contribution is 0.112. The minimum absolute atomic E-state index is 0.691. The minimum Gasteiger partial charge on any atom is -0.457 e. The summed E-state index contributed by atoms with van der Waals surface area (Å²) in [7, 11) is 0. The van der Waals surface area contributed by atoms with Crippen LogP contribution in [0.5, 0.6) is 11.5 Å². The summed E-state index contributed by atoms with van der Waals surface area (Å²) in [5, 5.41) is 2.33. The highest BCUT2D eigenvalue weighted by molar-refractivity contribution is 5.83. The Hall–Kier alpha value is -2.61. The Bertz CT molecular complexity index is 775. The molecule has 2 nitrogen and oxygen atoms in total. The average Bonchev–Trinajstić information content (AvgIpc) is 2.47. The SMILES string of the molecule is Cc1cc(Oc2ccc3ccccc3c2)ccc1C=O. The molecule has 0 atom stereocenters. The van der Waals surface area contributed by atoms with Gasteiger partial charge in [-0.25, -0.2) is 0 Å². The Morgan fingerprint density at radius 3 is 2.30 bits per heavy atom. The maximum absolute atomic E-state index is 10.8. The van der Waals surface area contributed by atoms with Gasteiger partial charge in [0.2, 0.25) is 0 Å². The monoisotopic (exact) mass is 262 g/mol. The fourth-order valence-corrected chi connectivity index (χ4v) is 2.21. The van der Waals surface area contributed by atoms with Crippen LogP contribution in [0.25, 0.3) is 10.8 Å². The van der Waals surface area contributed by atoms with Gasteiger partial charge in [-0.3, -0.25) is 4.79 Å². The number of hydrogen-bond acceptors (Lipinski definition) is 2. The molecule has 0 heterocycles. The lowest BCUT2D eigenvalue weighted by Gasteiger charge is -2.08. The molecule has 3 aromatic carbocycles. The second kappa shape index (κ2) is 5.17. The summed E-state index contributed by atoms with van der Waals surface area (Å²) in [5.41, 5.74) is 1.61. The van der Waals surface area contributed by atoms with Crippen molar-refractivity contribution in [1.29, 1.82) is 0 Å². The molecule has 0 unspecified atom stereocenters. The maximum atomic E-state index is 10.8. The molecule has 0 bridgehead atoms. The van der Waals surface area contributed by atoms with Crippen molar-refractivity contribution in [2.45, 2.75) is 6.92 Å². The molecule has 0 amide bonds. The van der Waals surface area contributed by atoms with Crippen LogP contribution in [0, 0.1) is 6.92 Å². The number of carbonyl (C=O) groups is 1. The van der Waals surface area contributed by atoms with Crippen molar-refractivity contribution in [1.82, 2.24) is 0 Å². The van der Waals surface area contributed by atoms with E-state index in [1.165, 1.54) is 5.39 Å². The molecule has 0 aromatic heterocycles. The molecule has 0 aliphatic rings. The van der Waals surface area contributed by atoms with E-state index in [2.05, 4.69) is 12.1 Å². The first-order valence-corrected chi connectivity index (χ1v) is 6.49. The Kier molecular flexibility index (Phi) is 3.21. The molecule has 98 valence electrons. The molecule has 2 heteroatoms. The van der Waals surface area contributed by atoms with Gasteiger partial charge in [-0.2, -0.15) is 0 Å². The molecule has 0 spiro atoms. The molecule has 0 fully saturated rings. The van der Waals surface area contributed by atoms with E-state index in [0.717, 1.165) is 28.7 Å². The molecule has 3 aromatic rings. The van der Waals surface area contributed by atoms with Gasteiger partial charge in [-0.15, -0.1) is 0 Å². The van der Waals surface area contributed by atoms with Crippen LogP contribution in [-0.2, 0) is 0 Å². The van der Waals surface area contributed by atoms with Gasteiger partial charge in [-0.05, 0) is 53.6 Å². The van der Waals surface area contributed by atoms with E-state index in [-0.39, 0.29) is 0 Å². The third-order valence-electron chi connectivity index (χ3n) is 3.32. The highest BCUT2D eigenvalue weighted by atomic mass is 16.5. The molecular formula is C18H14O2. The molecule has 0 saturated heterocycles. The minimum atomic E-state index is 0.691. The van der Waals surface area contributed by atoms with Crippen molar-refractivity contribution in [2.24, 2.45) is 0 Å². The Morgan fingerprint density at radius 1 is 0.850 bits per heavy atom. The molecule has 0 radical (unpaired) electrons. The summed E-state index contributed by atoms with van der Waals surface area (Å²) in [6.07, 6.45) is 0.856. The van der Waals surface area contributed by atoms with Crippen molar-refractivity contribution in [2.75, 3.05) is 0 Å². The predicted molar refractivity (Wildman–Crippen MR) is 80.6 cm³/mol. The third kappa shape index (κ3) is 2.41. The highest BCUT2D eigenvalue weighted by Gasteiger charge is 2.02. The zero-order chi connectivity index (χ0) is 13.9. The van der Waals surface area contributed by atoms with Gasteiger partial charge in [0, 0.05) is 5.56 Å². The number of aldehydes is 1. The van der Waals surface area contributed by atoms with E-state index in [1.807, 2.05) is 49.4 Å².